The lowest BCUT2D eigenvalue weighted by molar-refractivity contribution is -0.131. The van der Waals surface area contributed by atoms with Gasteiger partial charge in [0.25, 0.3) is 0 Å². The van der Waals surface area contributed by atoms with E-state index in [1.54, 1.807) is 0 Å². The maximum absolute atomic E-state index is 9.25. The Morgan fingerprint density at radius 1 is 0.944 bits per heavy atom. The van der Waals surface area contributed by atoms with Crippen molar-refractivity contribution in [1.82, 2.24) is 0 Å². The van der Waals surface area contributed by atoms with Crippen LogP contribution in [0.5, 0.6) is 0 Å². The van der Waals surface area contributed by atoms with E-state index in [0.29, 0.717) is 0 Å². The zero-order valence-corrected chi connectivity index (χ0v) is 10.8. The first-order valence-electron chi connectivity index (χ1n) is 3.69. The number of rotatable bonds is 1. The largest absolute Gasteiger partial charge is 0.478 e. The average molecular weight is 314 g/mol. The van der Waals surface area contributed by atoms with Crippen molar-refractivity contribution in [2.45, 2.75) is 21.3 Å². The molecule has 0 amide bonds. The van der Waals surface area contributed by atoms with Gasteiger partial charge in [0.15, 0.2) is 0 Å². The van der Waals surface area contributed by atoms with Gasteiger partial charge in [-0.15, -0.1) is 0 Å². The number of carbonyl (C=O) groups is 1. The summed E-state index contributed by atoms with van der Waals surface area (Å²) in [6.45, 7) is 6.96. The van der Waals surface area contributed by atoms with E-state index in [0.717, 1.165) is 6.08 Å². The molecule has 7 N–H and O–H groups in total. The molecule has 0 fully saturated rings. The molecule has 0 atom stereocenters. The fourth-order valence-electron chi connectivity index (χ4n) is 0. The summed E-state index contributed by atoms with van der Waals surface area (Å²) < 4.78 is 17.8. The van der Waals surface area contributed by atoms with E-state index in [1.807, 2.05) is 13.8 Å². The molecule has 0 aromatic heterocycles. The second kappa shape index (κ2) is 16.4. The Morgan fingerprint density at radius 2 is 1.00 bits per heavy atom. The van der Waals surface area contributed by atoms with Crippen LogP contribution in [0.1, 0.15) is 21.3 Å². The van der Waals surface area contributed by atoms with Crippen molar-refractivity contribution in [2.24, 2.45) is 0 Å². The highest BCUT2D eigenvalue weighted by atomic mass is 31.2. The van der Waals surface area contributed by atoms with Gasteiger partial charge in [-0.3, -0.25) is 0 Å². The predicted octanol–water partition coefficient (Wildman–Crippen LogP) is 0.0621. The van der Waals surface area contributed by atoms with Crippen LogP contribution in [0.3, 0.4) is 0 Å². The minimum atomic E-state index is -4.64. The molecule has 0 spiro atoms. The maximum Gasteiger partial charge on any atom is 0.466 e. The Hall–Kier alpha value is -0.570. The van der Waals surface area contributed by atoms with Crippen LogP contribution < -0.4 is 0 Å². The third-order valence-electron chi connectivity index (χ3n) is 0.175. The van der Waals surface area contributed by atoms with Gasteiger partial charge in [-0.2, -0.15) is 0 Å². The molecule has 0 saturated heterocycles. The first kappa shape index (κ1) is 30.5. The van der Waals surface area contributed by atoms with Crippen LogP contribution in [0.2, 0.25) is 0 Å². The lowest BCUT2D eigenvalue weighted by atomic mass is 10.7. The van der Waals surface area contributed by atoms with Crippen molar-refractivity contribution in [2.75, 3.05) is 0 Å². The van der Waals surface area contributed by atoms with Gasteiger partial charge in [0, 0.05) is 6.08 Å². The van der Waals surface area contributed by atoms with Gasteiger partial charge in [-0.1, -0.05) is 27.9 Å². The Bertz CT molecular complexity index is 240. The molecule has 0 saturated carbocycles. The smallest absolute Gasteiger partial charge is 0.466 e. The van der Waals surface area contributed by atoms with Crippen LogP contribution in [-0.2, 0) is 13.9 Å². The summed E-state index contributed by atoms with van der Waals surface area (Å²) >= 11 is 0. The van der Waals surface area contributed by atoms with E-state index < -0.39 is 21.6 Å². The van der Waals surface area contributed by atoms with Gasteiger partial charge in [-0.25, -0.2) is 13.9 Å². The Kier molecular flexibility index (Phi) is 27.8. The summed E-state index contributed by atoms with van der Waals surface area (Å²) in [7, 11) is -9.28. The molecular weight excluding hydrogens is 294 g/mol. The van der Waals surface area contributed by atoms with Crippen LogP contribution >= 0.6 is 15.6 Å². The summed E-state index contributed by atoms with van der Waals surface area (Å²) in [5.74, 6) is -0.981. The Morgan fingerprint density at radius 3 is 1.00 bits per heavy atom. The van der Waals surface area contributed by atoms with E-state index >= 15 is 0 Å². The number of phosphoric acid groups is 2. The third kappa shape index (κ3) is 1570. The van der Waals surface area contributed by atoms with E-state index in [1.165, 1.54) is 0 Å². The molecule has 0 aromatic carbocycles. The van der Waals surface area contributed by atoms with Crippen molar-refractivity contribution < 1.29 is 48.4 Å². The summed E-state index contributed by atoms with van der Waals surface area (Å²) in [6.07, 6.45) is 0.833. The van der Waals surface area contributed by atoms with Crippen LogP contribution in [0.15, 0.2) is 12.7 Å². The molecule has 114 valence electrons. The van der Waals surface area contributed by atoms with E-state index in [-0.39, 0.29) is 7.43 Å². The normalized spacial score (nSPS) is 8.67. The van der Waals surface area contributed by atoms with Crippen LogP contribution in [0.4, 0.5) is 0 Å². The molecule has 0 aliphatic carbocycles. The molecule has 18 heavy (non-hydrogen) atoms. The number of aliphatic carboxylic acids is 1. The Labute approximate surface area is 105 Å². The average Bonchev–Trinajstić information content (AvgIpc) is 2.02. The molecular formula is C6H20O10P2. The molecule has 0 heterocycles. The molecule has 0 aliphatic rings. The zero-order valence-electron chi connectivity index (χ0n) is 9.03. The molecule has 0 rings (SSSR count). The van der Waals surface area contributed by atoms with E-state index in [4.69, 9.17) is 43.6 Å². The third-order valence-corrected chi connectivity index (χ3v) is 0.175. The second-order valence-electron chi connectivity index (χ2n) is 1.57. The quantitative estimate of drug-likeness (QED) is 0.257. The van der Waals surface area contributed by atoms with Crippen molar-refractivity contribution in [3.8, 4) is 0 Å². The zero-order chi connectivity index (χ0) is 15.3. The predicted molar refractivity (Wildman–Crippen MR) is 64.4 cm³/mol. The maximum atomic E-state index is 9.25. The van der Waals surface area contributed by atoms with Crippen LogP contribution in [0, 0.1) is 0 Å². The Balaban J connectivity index is -0.0000000427. The molecule has 0 aliphatic heterocycles. The van der Waals surface area contributed by atoms with Crippen molar-refractivity contribution in [1.29, 1.82) is 0 Å². The van der Waals surface area contributed by atoms with Gasteiger partial charge in [0.1, 0.15) is 0 Å². The van der Waals surface area contributed by atoms with Crippen LogP contribution in [-0.4, -0.2) is 40.4 Å². The highest BCUT2D eigenvalue weighted by Gasteiger charge is 2.00. The highest BCUT2D eigenvalue weighted by Crippen LogP contribution is 2.26. The minimum absolute atomic E-state index is 0. The van der Waals surface area contributed by atoms with Gasteiger partial charge >= 0.3 is 21.6 Å². The van der Waals surface area contributed by atoms with Crippen LogP contribution in [0.25, 0.3) is 0 Å². The van der Waals surface area contributed by atoms with Gasteiger partial charge in [0.05, 0.1) is 0 Å². The minimum Gasteiger partial charge on any atom is -0.478 e. The van der Waals surface area contributed by atoms with Gasteiger partial charge in [0.2, 0.25) is 0 Å². The molecule has 0 radical (unpaired) electrons. The van der Waals surface area contributed by atoms with Crippen molar-refractivity contribution in [3.05, 3.63) is 12.7 Å². The number of hydrogen-bond donors (Lipinski definition) is 7. The summed E-state index contributed by atoms with van der Waals surface area (Å²) in [6, 6.07) is 0. The number of carboxylic acid groups (broad SMARTS) is 1. The fraction of sp³-hybridized carbons (Fsp3) is 0.500. The summed E-state index contributed by atoms with van der Waals surface area (Å²) in [5, 5.41) is 7.60. The molecule has 0 bridgehead atoms. The standard InChI is InChI=1S/C3H4O2.C2H6.CH4.2H3O4P/c1-2-3(4)5;1-2;;2*1-5(2,3)4/h2H,1H2,(H,4,5);1-2H3;1H4;2*(H3,1,2,3,4). The molecule has 12 heteroatoms. The SMILES string of the molecule is C.C=CC(=O)O.CC.O=P(O)(O)O.O=P(O)(O)O. The number of hydrogen-bond acceptors (Lipinski definition) is 3. The van der Waals surface area contributed by atoms with Crippen molar-refractivity contribution in [3.63, 3.8) is 0 Å². The number of carboxylic acids is 1. The van der Waals surface area contributed by atoms with Crippen molar-refractivity contribution >= 4 is 21.6 Å². The summed E-state index contributed by atoms with van der Waals surface area (Å²) in [4.78, 5) is 52.4. The second-order valence-corrected chi connectivity index (χ2v) is 3.62. The van der Waals surface area contributed by atoms with E-state index in [2.05, 4.69) is 6.58 Å². The van der Waals surface area contributed by atoms with E-state index in [9.17, 15) is 4.79 Å². The van der Waals surface area contributed by atoms with Gasteiger partial charge < -0.3 is 34.5 Å². The van der Waals surface area contributed by atoms with Gasteiger partial charge in [-0.05, 0) is 0 Å². The first-order valence-corrected chi connectivity index (χ1v) is 6.82. The topological polar surface area (TPSA) is 193 Å². The summed E-state index contributed by atoms with van der Waals surface area (Å²) in [5.41, 5.74) is 0. The molecule has 0 aromatic rings. The lowest BCUT2D eigenvalue weighted by Crippen LogP contribution is -1.82. The molecule has 0 unspecified atom stereocenters. The first-order chi connectivity index (χ1) is 7.27. The highest BCUT2D eigenvalue weighted by molar-refractivity contribution is 7.45. The lowest BCUT2D eigenvalue weighted by Gasteiger charge is -1.82. The monoisotopic (exact) mass is 314 g/mol. The molecule has 10 nitrogen and oxygen atoms in total. The fourth-order valence-corrected chi connectivity index (χ4v) is 0.